The number of halogens is 1. The first-order chi connectivity index (χ1) is 14.0. The summed E-state index contributed by atoms with van der Waals surface area (Å²) in [6, 6.07) is 18.5. The van der Waals surface area contributed by atoms with Gasteiger partial charge in [-0.1, -0.05) is 23.7 Å². The third-order valence-electron chi connectivity index (χ3n) is 4.04. The van der Waals surface area contributed by atoms with Crippen molar-refractivity contribution in [1.29, 1.82) is 0 Å². The highest BCUT2D eigenvalue weighted by Gasteiger charge is 2.14. The molecule has 0 aliphatic rings. The molecule has 6 nitrogen and oxygen atoms in total. The van der Waals surface area contributed by atoms with E-state index in [2.05, 4.69) is 10.6 Å². The molecule has 0 saturated heterocycles. The lowest BCUT2D eigenvalue weighted by Gasteiger charge is -2.09. The Bertz CT molecular complexity index is 1300. The minimum Gasteiger partial charge on any atom is -0.451 e. The predicted octanol–water partition coefficient (Wildman–Crippen LogP) is 4.83. The van der Waals surface area contributed by atoms with E-state index in [9.17, 15) is 9.59 Å². The molecule has 0 radical (unpaired) electrons. The van der Waals surface area contributed by atoms with Crippen LogP contribution in [0.4, 0.5) is 5.69 Å². The summed E-state index contributed by atoms with van der Waals surface area (Å²) in [5.74, 6) is 0.152. The number of benzene rings is 2. The van der Waals surface area contributed by atoms with Crippen LogP contribution in [0.15, 0.2) is 80.4 Å². The molecule has 0 spiro atoms. The lowest BCUT2D eigenvalue weighted by atomic mass is 10.2. The number of fused-ring (bicyclic) bond motifs is 1. The molecule has 2 aromatic heterocycles. The Morgan fingerprint density at radius 2 is 1.83 bits per heavy atom. The molecular formula is C21H13ClN2O4S. The molecule has 8 heteroatoms. The number of carbonyl (C=O) groups excluding carboxylic acids is 1. The Hall–Kier alpha value is -3.42. The number of furan rings is 1. The average molecular weight is 425 g/mol. The first kappa shape index (κ1) is 18.9. The number of nitrogens with one attached hydrogen (secondary N) is 2. The van der Waals surface area contributed by atoms with Crippen LogP contribution in [-0.2, 0) is 0 Å². The van der Waals surface area contributed by atoms with Gasteiger partial charge in [-0.15, -0.1) is 0 Å². The van der Waals surface area contributed by atoms with E-state index in [-0.39, 0.29) is 10.9 Å². The van der Waals surface area contributed by atoms with Gasteiger partial charge in [0.1, 0.15) is 11.3 Å². The zero-order chi connectivity index (χ0) is 20.4. The van der Waals surface area contributed by atoms with Crippen molar-refractivity contribution >= 4 is 51.5 Å². The standard InChI is InChI=1S/C21H13ClN2O4S/c22-14-3-1-2-12(10-14)16-7-8-18(27-16)20(26)24-21(29)23-15-5-6-17-13(11-15)4-9-19(25)28-17/h1-11H,(H2,23,24,26,29). The van der Waals surface area contributed by atoms with Crippen LogP contribution in [0.5, 0.6) is 0 Å². The molecule has 0 aliphatic carbocycles. The van der Waals surface area contributed by atoms with Crippen LogP contribution in [0, 0.1) is 0 Å². The summed E-state index contributed by atoms with van der Waals surface area (Å²) in [7, 11) is 0. The lowest BCUT2D eigenvalue weighted by molar-refractivity contribution is 0.0951. The molecule has 1 amide bonds. The zero-order valence-electron chi connectivity index (χ0n) is 14.8. The maximum absolute atomic E-state index is 12.4. The fourth-order valence-electron chi connectivity index (χ4n) is 2.73. The van der Waals surface area contributed by atoms with E-state index >= 15 is 0 Å². The molecule has 4 aromatic rings. The van der Waals surface area contributed by atoms with Crippen molar-refractivity contribution in [2.75, 3.05) is 5.32 Å². The van der Waals surface area contributed by atoms with Crippen molar-refractivity contribution < 1.29 is 13.6 Å². The molecule has 0 bridgehead atoms. The molecule has 0 saturated carbocycles. The van der Waals surface area contributed by atoms with Crippen molar-refractivity contribution in [1.82, 2.24) is 5.32 Å². The largest absolute Gasteiger partial charge is 0.451 e. The molecule has 0 fully saturated rings. The first-order valence-corrected chi connectivity index (χ1v) is 9.28. The molecule has 0 aliphatic heterocycles. The van der Waals surface area contributed by atoms with Crippen LogP contribution >= 0.6 is 23.8 Å². The van der Waals surface area contributed by atoms with Crippen LogP contribution < -0.4 is 16.3 Å². The molecule has 2 N–H and O–H groups in total. The third kappa shape index (κ3) is 4.37. The van der Waals surface area contributed by atoms with Gasteiger partial charge >= 0.3 is 5.63 Å². The second kappa shape index (κ2) is 7.90. The van der Waals surface area contributed by atoms with Gasteiger partial charge in [-0.3, -0.25) is 10.1 Å². The highest BCUT2D eigenvalue weighted by Crippen LogP contribution is 2.25. The molecule has 29 heavy (non-hydrogen) atoms. The minimum absolute atomic E-state index is 0.104. The van der Waals surface area contributed by atoms with Crippen LogP contribution in [0.1, 0.15) is 10.6 Å². The van der Waals surface area contributed by atoms with E-state index in [1.165, 1.54) is 6.07 Å². The topological polar surface area (TPSA) is 84.5 Å². The Kier molecular flexibility index (Phi) is 5.16. The van der Waals surface area contributed by atoms with E-state index in [4.69, 9.17) is 32.7 Å². The van der Waals surface area contributed by atoms with E-state index in [0.29, 0.717) is 22.1 Å². The van der Waals surface area contributed by atoms with E-state index in [1.807, 2.05) is 6.07 Å². The van der Waals surface area contributed by atoms with Crippen LogP contribution in [0.3, 0.4) is 0 Å². The van der Waals surface area contributed by atoms with Gasteiger partial charge in [0.2, 0.25) is 0 Å². The number of carbonyl (C=O) groups is 1. The van der Waals surface area contributed by atoms with Crippen molar-refractivity contribution in [3.63, 3.8) is 0 Å². The molecule has 2 heterocycles. The fourth-order valence-corrected chi connectivity index (χ4v) is 3.13. The van der Waals surface area contributed by atoms with Crippen LogP contribution in [0.25, 0.3) is 22.3 Å². The molecule has 0 unspecified atom stereocenters. The Balaban J connectivity index is 1.44. The van der Waals surface area contributed by atoms with E-state index in [1.54, 1.807) is 54.6 Å². The Morgan fingerprint density at radius 3 is 2.66 bits per heavy atom. The maximum atomic E-state index is 12.4. The van der Waals surface area contributed by atoms with Crippen molar-refractivity contribution in [2.45, 2.75) is 0 Å². The van der Waals surface area contributed by atoms with Crippen LogP contribution in [-0.4, -0.2) is 11.0 Å². The van der Waals surface area contributed by atoms with Crippen molar-refractivity contribution in [2.24, 2.45) is 0 Å². The Labute approximate surface area is 175 Å². The summed E-state index contributed by atoms with van der Waals surface area (Å²) in [6.07, 6.45) is 0. The summed E-state index contributed by atoms with van der Waals surface area (Å²) in [6.45, 7) is 0. The number of thiocarbonyl (C=S) groups is 1. The summed E-state index contributed by atoms with van der Waals surface area (Å²) >= 11 is 11.2. The van der Waals surface area contributed by atoms with Gasteiger partial charge in [0.05, 0.1) is 0 Å². The smallest absolute Gasteiger partial charge is 0.336 e. The normalized spacial score (nSPS) is 10.7. The second-order valence-corrected chi connectivity index (χ2v) is 6.93. The van der Waals surface area contributed by atoms with Gasteiger partial charge in [0.15, 0.2) is 10.9 Å². The predicted molar refractivity (Wildman–Crippen MR) is 115 cm³/mol. The molecule has 4 rings (SSSR count). The summed E-state index contributed by atoms with van der Waals surface area (Å²) < 4.78 is 10.7. The summed E-state index contributed by atoms with van der Waals surface area (Å²) in [5, 5.41) is 6.88. The quantitative estimate of drug-likeness (QED) is 0.362. The second-order valence-electron chi connectivity index (χ2n) is 6.09. The van der Waals surface area contributed by atoms with Crippen molar-refractivity contribution in [3.05, 3.63) is 87.9 Å². The zero-order valence-corrected chi connectivity index (χ0v) is 16.3. The fraction of sp³-hybridized carbons (Fsp3) is 0. The van der Waals surface area contributed by atoms with Gasteiger partial charge in [0, 0.05) is 27.7 Å². The van der Waals surface area contributed by atoms with E-state index in [0.717, 1.165) is 10.9 Å². The SMILES string of the molecule is O=C(NC(=S)Nc1ccc2oc(=O)ccc2c1)c1ccc(-c2cccc(Cl)c2)o1. The van der Waals surface area contributed by atoms with Gasteiger partial charge < -0.3 is 14.2 Å². The molecule has 2 aromatic carbocycles. The highest BCUT2D eigenvalue weighted by molar-refractivity contribution is 7.80. The van der Waals surface area contributed by atoms with Crippen LogP contribution in [0.2, 0.25) is 5.02 Å². The maximum Gasteiger partial charge on any atom is 0.336 e. The molecule has 144 valence electrons. The average Bonchev–Trinajstić information content (AvgIpc) is 3.18. The van der Waals surface area contributed by atoms with Gasteiger partial charge in [0.25, 0.3) is 5.91 Å². The monoisotopic (exact) mass is 424 g/mol. The van der Waals surface area contributed by atoms with Gasteiger partial charge in [-0.05, 0) is 60.7 Å². The molecule has 0 atom stereocenters. The van der Waals surface area contributed by atoms with Gasteiger partial charge in [-0.2, -0.15) is 0 Å². The third-order valence-corrected chi connectivity index (χ3v) is 4.48. The van der Waals surface area contributed by atoms with Gasteiger partial charge in [-0.25, -0.2) is 4.79 Å². The number of hydrogen-bond acceptors (Lipinski definition) is 5. The number of rotatable bonds is 3. The molecular weight excluding hydrogens is 412 g/mol. The lowest BCUT2D eigenvalue weighted by Crippen LogP contribution is -2.33. The number of anilines is 1. The summed E-state index contributed by atoms with van der Waals surface area (Å²) in [5.41, 5.74) is 1.44. The van der Waals surface area contributed by atoms with E-state index < -0.39 is 11.5 Å². The number of hydrogen-bond donors (Lipinski definition) is 2. The number of amides is 1. The minimum atomic E-state index is -0.484. The summed E-state index contributed by atoms with van der Waals surface area (Å²) in [4.78, 5) is 23.6. The first-order valence-electron chi connectivity index (χ1n) is 8.50. The Morgan fingerprint density at radius 1 is 0.966 bits per heavy atom. The highest BCUT2D eigenvalue weighted by atomic mass is 35.5. The van der Waals surface area contributed by atoms with Crippen molar-refractivity contribution in [3.8, 4) is 11.3 Å².